The van der Waals surface area contributed by atoms with Crippen molar-refractivity contribution in [2.45, 2.75) is 38.3 Å². The Hall–Kier alpha value is -1.82. The first-order valence-corrected chi connectivity index (χ1v) is 8.76. The van der Waals surface area contributed by atoms with Crippen LogP contribution in [0.15, 0.2) is 34.5 Å². The van der Waals surface area contributed by atoms with E-state index in [0.29, 0.717) is 0 Å². The molecule has 0 aliphatic carbocycles. The standard InChI is InChI=1S/C16H22N4OS/c1-4-6-10-21-14-9-7-8-13(11-14)12-17-20-15(5-2)18-19-16(20)22-3/h7-9,11-12H,4-6,10H2,1-3H3/b17-12-. The Morgan fingerprint density at radius 1 is 1.32 bits per heavy atom. The first-order chi connectivity index (χ1) is 10.8. The average Bonchev–Trinajstić information content (AvgIpc) is 2.95. The molecule has 0 aliphatic heterocycles. The number of hydrogen-bond acceptors (Lipinski definition) is 5. The van der Waals surface area contributed by atoms with Crippen LogP contribution in [0.3, 0.4) is 0 Å². The second-order valence-electron chi connectivity index (χ2n) is 4.79. The van der Waals surface area contributed by atoms with E-state index in [-0.39, 0.29) is 0 Å². The number of aromatic nitrogens is 3. The third kappa shape index (κ3) is 4.34. The molecule has 0 bridgehead atoms. The first kappa shape index (κ1) is 16.5. The molecular formula is C16H22N4OS. The topological polar surface area (TPSA) is 52.3 Å². The molecule has 0 saturated carbocycles. The van der Waals surface area contributed by atoms with Crippen molar-refractivity contribution in [2.75, 3.05) is 12.9 Å². The lowest BCUT2D eigenvalue weighted by molar-refractivity contribution is 0.309. The van der Waals surface area contributed by atoms with Crippen molar-refractivity contribution in [3.05, 3.63) is 35.7 Å². The minimum Gasteiger partial charge on any atom is -0.494 e. The van der Waals surface area contributed by atoms with Crippen LogP contribution in [0.4, 0.5) is 0 Å². The van der Waals surface area contributed by atoms with Gasteiger partial charge in [0, 0.05) is 6.42 Å². The van der Waals surface area contributed by atoms with Crippen molar-refractivity contribution in [2.24, 2.45) is 5.10 Å². The van der Waals surface area contributed by atoms with Gasteiger partial charge in [0.05, 0.1) is 12.8 Å². The zero-order valence-corrected chi connectivity index (χ0v) is 14.1. The van der Waals surface area contributed by atoms with Crippen LogP contribution >= 0.6 is 11.8 Å². The van der Waals surface area contributed by atoms with Gasteiger partial charge in [-0.2, -0.15) is 9.78 Å². The molecule has 0 unspecified atom stereocenters. The summed E-state index contributed by atoms with van der Waals surface area (Å²) in [6.45, 7) is 4.95. The molecule has 0 saturated heterocycles. The minimum atomic E-state index is 0.749. The minimum absolute atomic E-state index is 0.749. The molecule has 5 nitrogen and oxygen atoms in total. The fourth-order valence-electron chi connectivity index (χ4n) is 1.90. The van der Waals surface area contributed by atoms with E-state index in [4.69, 9.17) is 4.74 Å². The summed E-state index contributed by atoms with van der Waals surface area (Å²) >= 11 is 1.53. The van der Waals surface area contributed by atoms with E-state index in [1.54, 1.807) is 4.68 Å². The normalized spacial score (nSPS) is 11.2. The molecule has 2 aromatic rings. The number of thioether (sulfide) groups is 1. The number of rotatable bonds is 8. The summed E-state index contributed by atoms with van der Waals surface area (Å²) < 4.78 is 7.50. The molecule has 22 heavy (non-hydrogen) atoms. The molecule has 0 amide bonds. The summed E-state index contributed by atoms with van der Waals surface area (Å²) in [6.07, 6.45) is 6.78. The largest absolute Gasteiger partial charge is 0.494 e. The van der Waals surface area contributed by atoms with E-state index in [2.05, 4.69) is 22.2 Å². The van der Waals surface area contributed by atoms with E-state index in [1.807, 2.05) is 43.7 Å². The Bertz CT molecular complexity index is 603. The van der Waals surface area contributed by atoms with Crippen molar-refractivity contribution in [1.82, 2.24) is 14.9 Å². The van der Waals surface area contributed by atoms with Gasteiger partial charge in [-0.1, -0.05) is 44.2 Å². The van der Waals surface area contributed by atoms with E-state index in [1.165, 1.54) is 11.8 Å². The average molecular weight is 318 g/mol. The van der Waals surface area contributed by atoms with Crippen LogP contribution in [0.2, 0.25) is 0 Å². The van der Waals surface area contributed by atoms with Crippen molar-refractivity contribution < 1.29 is 4.74 Å². The molecule has 2 rings (SSSR count). The van der Waals surface area contributed by atoms with Crippen LogP contribution in [-0.2, 0) is 6.42 Å². The second-order valence-corrected chi connectivity index (χ2v) is 5.56. The number of aryl methyl sites for hydroxylation is 1. The van der Waals surface area contributed by atoms with Crippen molar-refractivity contribution >= 4 is 18.0 Å². The third-order valence-corrected chi connectivity index (χ3v) is 3.74. The first-order valence-electron chi connectivity index (χ1n) is 7.54. The number of ether oxygens (including phenoxy) is 1. The van der Waals surface area contributed by atoms with Gasteiger partial charge < -0.3 is 4.74 Å². The van der Waals surface area contributed by atoms with Gasteiger partial charge in [0.2, 0.25) is 5.16 Å². The molecule has 0 N–H and O–H groups in total. The van der Waals surface area contributed by atoms with E-state index in [0.717, 1.165) is 48.2 Å². The number of benzene rings is 1. The molecule has 6 heteroatoms. The van der Waals surface area contributed by atoms with Gasteiger partial charge in [-0.25, -0.2) is 0 Å². The summed E-state index contributed by atoms with van der Waals surface area (Å²) in [5.74, 6) is 1.73. The monoisotopic (exact) mass is 318 g/mol. The predicted molar refractivity (Wildman–Crippen MR) is 91.0 cm³/mol. The van der Waals surface area contributed by atoms with E-state index in [9.17, 15) is 0 Å². The van der Waals surface area contributed by atoms with Crippen LogP contribution in [0.1, 0.15) is 38.1 Å². The Labute approximate surface area is 135 Å². The summed E-state index contributed by atoms with van der Waals surface area (Å²) in [7, 11) is 0. The third-order valence-electron chi connectivity index (χ3n) is 3.12. The zero-order chi connectivity index (χ0) is 15.8. The number of nitrogens with zero attached hydrogens (tertiary/aromatic N) is 4. The number of hydrogen-bond donors (Lipinski definition) is 0. The highest BCUT2D eigenvalue weighted by molar-refractivity contribution is 7.98. The molecule has 1 heterocycles. The van der Waals surface area contributed by atoms with Crippen LogP contribution in [0.25, 0.3) is 0 Å². The maximum atomic E-state index is 5.72. The second kappa shape index (κ2) is 8.58. The predicted octanol–water partition coefficient (Wildman–Crippen LogP) is 3.62. The zero-order valence-electron chi connectivity index (χ0n) is 13.3. The Balaban J connectivity index is 2.13. The van der Waals surface area contributed by atoms with Crippen LogP contribution < -0.4 is 4.74 Å². The summed E-state index contributed by atoms with van der Waals surface area (Å²) in [5.41, 5.74) is 0.997. The molecule has 1 aromatic heterocycles. The quantitative estimate of drug-likeness (QED) is 0.424. The van der Waals surface area contributed by atoms with Crippen LogP contribution in [0, 0.1) is 0 Å². The Kier molecular flexibility index (Phi) is 6.45. The summed E-state index contributed by atoms with van der Waals surface area (Å²) in [6, 6.07) is 7.94. The SMILES string of the molecule is CCCCOc1cccc(/C=N\n2c(CC)nnc2SC)c1. The fraction of sp³-hybridized carbons (Fsp3) is 0.438. The molecule has 0 fully saturated rings. The Morgan fingerprint density at radius 3 is 2.91 bits per heavy atom. The van der Waals surface area contributed by atoms with Crippen molar-refractivity contribution in [3.8, 4) is 5.75 Å². The fourth-order valence-corrected chi connectivity index (χ4v) is 2.35. The summed E-state index contributed by atoms with van der Waals surface area (Å²) in [5, 5.41) is 13.6. The van der Waals surface area contributed by atoms with E-state index >= 15 is 0 Å². The van der Waals surface area contributed by atoms with Crippen molar-refractivity contribution in [3.63, 3.8) is 0 Å². The lowest BCUT2D eigenvalue weighted by Gasteiger charge is -2.05. The van der Waals surface area contributed by atoms with Gasteiger partial charge in [0.25, 0.3) is 0 Å². The van der Waals surface area contributed by atoms with Crippen molar-refractivity contribution in [1.29, 1.82) is 0 Å². The Morgan fingerprint density at radius 2 is 2.18 bits per heavy atom. The van der Waals surface area contributed by atoms with Gasteiger partial charge in [-0.05, 0) is 30.4 Å². The highest BCUT2D eigenvalue weighted by atomic mass is 32.2. The maximum absolute atomic E-state index is 5.72. The molecule has 0 spiro atoms. The van der Waals surface area contributed by atoms with Crippen LogP contribution in [-0.4, -0.2) is 34.0 Å². The van der Waals surface area contributed by atoms with Gasteiger partial charge in [-0.15, -0.1) is 10.2 Å². The van der Waals surface area contributed by atoms with Gasteiger partial charge in [0.15, 0.2) is 5.82 Å². The van der Waals surface area contributed by atoms with E-state index < -0.39 is 0 Å². The molecule has 0 radical (unpaired) electrons. The smallest absolute Gasteiger partial charge is 0.211 e. The molecule has 118 valence electrons. The maximum Gasteiger partial charge on any atom is 0.211 e. The van der Waals surface area contributed by atoms with Gasteiger partial charge >= 0.3 is 0 Å². The highest BCUT2D eigenvalue weighted by Gasteiger charge is 2.08. The van der Waals surface area contributed by atoms with Gasteiger partial charge in [-0.3, -0.25) is 0 Å². The number of unbranched alkanes of at least 4 members (excludes halogenated alkanes) is 1. The molecule has 0 atom stereocenters. The molecule has 1 aromatic carbocycles. The molecular weight excluding hydrogens is 296 g/mol. The lowest BCUT2D eigenvalue weighted by Crippen LogP contribution is -1.99. The molecule has 0 aliphatic rings. The van der Waals surface area contributed by atoms with Gasteiger partial charge in [0.1, 0.15) is 5.75 Å². The van der Waals surface area contributed by atoms with Crippen LogP contribution in [0.5, 0.6) is 5.75 Å². The summed E-state index contributed by atoms with van der Waals surface area (Å²) in [4.78, 5) is 0. The highest BCUT2D eigenvalue weighted by Crippen LogP contribution is 2.15. The lowest BCUT2D eigenvalue weighted by atomic mass is 10.2.